The maximum absolute atomic E-state index is 5.95. The Morgan fingerprint density at radius 2 is 2.00 bits per heavy atom. The molecule has 2 aromatic heterocycles. The summed E-state index contributed by atoms with van der Waals surface area (Å²) in [7, 11) is 1.84. The Bertz CT molecular complexity index is 1030. The van der Waals surface area contributed by atoms with Gasteiger partial charge < -0.3 is 15.0 Å². The third-order valence-corrected chi connectivity index (χ3v) is 5.75. The van der Waals surface area contributed by atoms with E-state index >= 15 is 0 Å². The van der Waals surface area contributed by atoms with Gasteiger partial charge in [0.25, 0.3) is 0 Å². The first-order valence-electron chi connectivity index (χ1n) is 11.2. The van der Waals surface area contributed by atoms with Crippen molar-refractivity contribution in [2.75, 3.05) is 26.7 Å². The molecule has 1 N–H and O–H groups in total. The van der Waals surface area contributed by atoms with Gasteiger partial charge >= 0.3 is 0 Å². The van der Waals surface area contributed by atoms with Gasteiger partial charge in [-0.25, -0.2) is 9.67 Å². The van der Waals surface area contributed by atoms with E-state index in [-0.39, 0.29) is 0 Å². The molecule has 1 unspecified atom stereocenters. The second-order valence-corrected chi connectivity index (χ2v) is 8.37. The number of hydrogen-bond acceptors (Lipinski definition) is 4. The van der Waals surface area contributed by atoms with Crippen LogP contribution in [0.5, 0.6) is 0 Å². The molecule has 168 valence electrons. The number of likely N-dealkylation sites (tertiary alicyclic amines) is 1. The Morgan fingerprint density at radius 1 is 1.16 bits per heavy atom. The van der Waals surface area contributed by atoms with Gasteiger partial charge in [0.1, 0.15) is 0 Å². The van der Waals surface area contributed by atoms with E-state index in [1.807, 2.05) is 56.0 Å². The first-order valence-corrected chi connectivity index (χ1v) is 11.2. The van der Waals surface area contributed by atoms with Gasteiger partial charge in [0.2, 0.25) is 0 Å². The normalized spacial score (nSPS) is 16.5. The molecule has 1 aliphatic heterocycles. The number of guanidine groups is 1. The fourth-order valence-corrected chi connectivity index (χ4v) is 4.10. The average Bonchev–Trinajstić information content (AvgIpc) is 3.41. The van der Waals surface area contributed by atoms with Crippen LogP contribution < -0.4 is 5.32 Å². The van der Waals surface area contributed by atoms with Crippen molar-refractivity contribution < 1.29 is 4.74 Å². The van der Waals surface area contributed by atoms with Crippen LogP contribution in [0.25, 0.3) is 5.82 Å². The lowest BCUT2D eigenvalue weighted by Gasteiger charge is -2.22. The molecular formula is C25H32N6O. The highest BCUT2D eigenvalue weighted by Crippen LogP contribution is 2.18. The molecule has 1 aromatic carbocycles. The molecule has 0 spiro atoms. The number of pyridine rings is 1. The zero-order valence-corrected chi connectivity index (χ0v) is 19.2. The summed E-state index contributed by atoms with van der Waals surface area (Å²) in [6, 6.07) is 16.5. The van der Waals surface area contributed by atoms with E-state index < -0.39 is 0 Å². The number of aryl methyl sites for hydroxylation is 2. The molecule has 0 bridgehead atoms. The topological polar surface area (TPSA) is 67.6 Å². The van der Waals surface area contributed by atoms with Gasteiger partial charge in [-0.3, -0.25) is 4.99 Å². The largest absolute Gasteiger partial charge is 0.376 e. The summed E-state index contributed by atoms with van der Waals surface area (Å²) in [5.74, 6) is 2.29. The first-order chi connectivity index (χ1) is 15.6. The van der Waals surface area contributed by atoms with E-state index in [2.05, 4.69) is 49.6 Å². The lowest BCUT2D eigenvalue weighted by Crippen LogP contribution is -2.39. The van der Waals surface area contributed by atoms with Gasteiger partial charge in [0.15, 0.2) is 11.8 Å². The van der Waals surface area contributed by atoms with Crippen LogP contribution in [-0.2, 0) is 17.9 Å². The summed E-state index contributed by atoms with van der Waals surface area (Å²) >= 11 is 0. The summed E-state index contributed by atoms with van der Waals surface area (Å²) in [6.07, 6.45) is 3.02. The van der Waals surface area contributed by atoms with E-state index in [0.717, 1.165) is 54.8 Å². The number of hydrogen-bond donors (Lipinski definition) is 1. The maximum atomic E-state index is 5.95. The molecule has 0 radical (unpaired) electrons. The molecule has 7 nitrogen and oxygen atoms in total. The van der Waals surface area contributed by atoms with E-state index in [0.29, 0.717) is 19.1 Å². The van der Waals surface area contributed by atoms with Crippen molar-refractivity contribution in [1.82, 2.24) is 25.0 Å². The highest BCUT2D eigenvalue weighted by Gasteiger charge is 2.25. The molecule has 1 atom stereocenters. The molecule has 0 saturated carbocycles. The van der Waals surface area contributed by atoms with E-state index in [1.54, 1.807) is 0 Å². The number of rotatable bonds is 7. The molecule has 1 saturated heterocycles. The molecule has 3 heterocycles. The molecule has 1 aliphatic rings. The summed E-state index contributed by atoms with van der Waals surface area (Å²) in [5.41, 5.74) is 4.40. The molecule has 3 aromatic rings. The van der Waals surface area contributed by atoms with Gasteiger partial charge in [0, 0.05) is 44.5 Å². The highest BCUT2D eigenvalue weighted by molar-refractivity contribution is 5.80. The minimum Gasteiger partial charge on any atom is -0.376 e. The summed E-state index contributed by atoms with van der Waals surface area (Å²) < 4.78 is 7.82. The van der Waals surface area contributed by atoms with Gasteiger partial charge in [0.05, 0.1) is 18.9 Å². The Hall–Kier alpha value is -3.19. The van der Waals surface area contributed by atoms with E-state index in [4.69, 9.17) is 4.74 Å². The Kier molecular flexibility index (Phi) is 7.17. The molecule has 7 heteroatoms. The quantitative estimate of drug-likeness (QED) is 0.457. The number of nitrogens with one attached hydrogen (secondary N) is 1. The Labute approximate surface area is 190 Å². The zero-order chi connectivity index (χ0) is 22.3. The highest BCUT2D eigenvalue weighted by atomic mass is 16.5. The lowest BCUT2D eigenvalue weighted by molar-refractivity contribution is 0.0906. The fourth-order valence-electron chi connectivity index (χ4n) is 4.10. The molecule has 32 heavy (non-hydrogen) atoms. The van der Waals surface area contributed by atoms with E-state index in [1.165, 1.54) is 5.56 Å². The van der Waals surface area contributed by atoms with Crippen LogP contribution in [0.1, 0.15) is 28.9 Å². The van der Waals surface area contributed by atoms with Crippen LogP contribution in [-0.4, -0.2) is 52.4 Å². The standard InChI is InChI=1S/C25H32N6O/c1-19-13-20(2)31(29-19)24-10-9-22(14-27-24)15-28-25(26-3)30-12-11-23(16-30)18-32-17-21-7-5-4-6-8-21/h4-10,13-14,23H,11-12,15-18H2,1-3H3,(H,26,28). The summed E-state index contributed by atoms with van der Waals surface area (Å²) in [4.78, 5) is 11.4. The molecule has 0 amide bonds. The predicted octanol–water partition coefficient (Wildman–Crippen LogP) is 3.50. The van der Waals surface area contributed by atoms with Gasteiger partial charge in [-0.15, -0.1) is 0 Å². The van der Waals surface area contributed by atoms with Crippen molar-refractivity contribution in [3.63, 3.8) is 0 Å². The molecule has 4 rings (SSSR count). The number of aromatic nitrogens is 3. The van der Waals surface area contributed by atoms with Crippen LogP contribution in [0.4, 0.5) is 0 Å². The second kappa shape index (κ2) is 10.4. The molecule has 1 fully saturated rings. The van der Waals surface area contributed by atoms with Crippen LogP contribution in [0, 0.1) is 19.8 Å². The number of nitrogens with zero attached hydrogens (tertiary/aromatic N) is 5. The van der Waals surface area contributed by atoms with Crippen molar-refractivity contribution in [3.05, 3.63) is 77.2 Å². The Balaban J connectivity index is 1.24. The van der Waals surface area contributed by atoms with Crippen molar-refractivity contribution in [2.24, 2.45) is 10.9 Å². The van der Waals surface area contributed by atoms with Crippen molar-refractivity contribution in [2.45, 2.75) is 33.4 Å². The van der Waals surface area contributed by atoms with Crippen molar-refractivity contribution in [3.8, 4) is 5.82 Å². The monoisotopic (exact) mass is 432 g/mol. The second-order valence-electron chi connectivity index (χ2n) is 8.37. The minimum atomic E-state index is 0.527. The number of aliphatic imine (C=N–C) groups is 1. The van der Waals surface area contributed by atoms with Crippen LogP contribution in [0.3, 0.4) is 0 Å². The smallest absolute Gasteiger partial charge is 0.193 e. The van der Waals surface area contributed by atoms with Crippen molar-refractivity contribution in [1.29, 1.82) is 0 Å². The van der Waals surface area contributed by atoms with Gasteiger partial charge in [-0.05, 0) is 43.5 Å². The maximum Gasteiger partial charge on any atom is 0.193 e. The minimum absolute atomic E-state index is 0.527. The summed E-state index contributed by atoms with van der Waals surface area (Å²) in [6.45, 7) is 8.12. The summed E-state index contributed by atoms with van der Waals surface area (Å²) in [5, 5.41) is 7.98. The fraction of sp³-hybridized carbons (Fsp3) is 0.400. The predicted molar refractivity (Wildman–Crippen MR) is 127 cm³/mol. The van der Waals surface area contributed by atoms with Crippen LogP contribution in [0.15, 0.2) is 59.7 Å². The van der Waals surface area contributed by atoms with Gasteiger partial charge in [-0.2, -0.15) is 5.10 Å². The third-order valence-electron chi connectivity index (χ3n) is 5.75. The lowest BCUT2D eigenvalue weighted by atomic mass is 10.1. The first kappa shape index (κ1) is 22.0. The average molecular weight is 433 g/mol. The zero-order valence-electron chi connectivity index (χ0n) is 19.2. The number of ether oxygens (including phenoxy) is 1. The van der Waals surface area contributed by atoms with Crippen LogP contribution >= 0.6 is 0 Å². The molecule has 0 aliphatic carbocycles. The Morgan fingerprint density at radius 3 is 2.69 bits per heavy atom. The van der Waals surface area contributed by atoms with Crippen LogP contribution in [0.2, 0.25) is 0 Å². The van der Waals surface area contributed by atoms with E-state index in [9.17, 15) is 0 Å². The third kappa shape index (κ3) is 5.53. The number of benzene rings is 1. The molecular weight excluding hydrogens is 400 g/mol. The SMILES string of the molecule is CN=C(NCc1ccc(-n2nc(C)cc2C)nc1)N1CCC(COCc2ccccc2)C1. The van der Waals surface area contributed by atoms with Crippen molar-refractivity contribution >= 4 is 5.96 Å². The van der Waals surface area contributed by atoms with Gasteiger partial charge in [-0.1, -0.05) is 36.4 Å².